The summed E-state index contributed by atoms with van der Waals surface area (Å²) in [5, 5.41) is 10.1. The Labute approximate surface area is 106 Å². The van der Waals surface area contributed by atoms with Crippen molar-refractivity contribution in [2.24, 2.45) is 5.73 Å². The van der Waals surface area contributed by atoms with Gasteiger partial charge in [0.25, 0.3) is 0 Å². The van der Waals surface area contributed by atoms with E-state index in [2.05, 4.69) is 37.5 Å². The van der Waals surface area contributed by atoms with Gasteiger partial charge in [-0.3, -0.25) is 4.68 Å². The third-order valence-corrected chi connectivity index (χ3v) is 3.39. The van der Waals surface area contributed by atoms with E-state index in [-0.39, 0.29) is 6.04 Å². The van der Waals surface area contributed by atoms with Crippen LogP contribution in [0.2, 0.25) is 0 Å². The molecule has 0 fully saturated rings. The number of rotatable bonds is 4. The average Bonchev–Trinajstić information content (AvgIpc) is 2.88. The highest BCUT2D eigenvalue weighted by atomic mass is 79.9. The molecule has 1 unspecified atom stereocenters. The molecule has 1 atom stereocenters. The number of hydrogen-bond donors (Lipinski definition) is 1. The van der Waals surface area contributed by atoms with Gasteiger partial charge in [0, 0.05) is 11.9 Å². The summed E-state index contributed by atoms with van der Waals surface area (Å²) >= 11 is 4.77. The Morgan fingerprint density at radius 3 is 3.06 bits per heavy atom. The van der Waals surface area contributed by atoms with E-state index in [1.54, 1.807) is 6.20 Å². The molecular weight excluding hydrogens is 290 g/mol. The summed E-state index contributed by atoms with van der Waals surface area (Å²) in [6.07, 6.45) is 2.79. The summed E-state index contributed by atoms with van der Waals surface area (Å²) in [5.74, 6) is 0. The monoisotopic (exact) mass is 301 g/mol. The zero-order valence-corrected chi connectivity index (χ0v) is 11.2. The molecule has 0 radical (unpaired) electrons. The molecule has 86 valence electrons. The predicted molar refractivity (Wildman–Crippen MR) is 66.2 cm³/mol. The maximum absolute atomic E-state index is 6.15. The molecule has 0 spiro atoms. The SMILES string of the molecule is CCCn1ncc(Br)c1C(N)c1csnn1. The third-order valence-electron chi connectivity index (χ3n) is 2.26. The van der Waals surface area contributed by atoms with E-state index >= 15 is 0 Å². The second-order valence-corrected chi connectivity index (χ2v) is 4.87. The van der Waals surface area contributed by atoms with Crippen molar-refractivity contribution in [1.82, 2.24) is 19.4 Å². The van der Waals surface area contributed by atoms with Gasteiger partial charge in [0.15, 0.2) is 0 Å². The number of nitrogens with two attached hydrogens (primary N) is 1. The van der Waals surface area contributed by atoms with Crippen LogP contribution in [0.3, 0.4) is 0 Å². The fourth-order valence-corrected chi connectivity index (χ4v) is 2.55. The van der Waals surface area contributed by atoms with E-state index < -0.39 is 0 Å². The normalized spacial score (nSPS) is 12.9. The maximum atomic E-state index is 6.15. The lowest BCUT2D eigenvalue weighted by molar-refractivity contribution is 0.555. The number of halogens is 1. The van der Waals surface area contributed by atoms with E-state index in [1.807, 2.05) is 10.1 Å². The van der Waals surface area contributed by atoms with Crippen molar-refractivity contribution in [3.63, 3.8) is 0 Å². The average molecular weight is 302 g/mol. The molecule has 0 amide bonds. The van der Waals surface area contributed by atoms with Crippen molar-refractivity contribution in [3.05, 3.63) is 27.4 Å². The zero-order chi connectivity index (χ0) is 11.5. The van der Waals surface area contributed by atoms with Gasteiger partial charge in [0.1, 0.15) is 0 Å². The largest absolute Gasteiger partial charge is 0.318 e. The molecule has 2 N–H and O–H groups in total. The Kier molecular flexibility index (Phi) is 3.67. The molecular formula is C9H12BrN5S. The zero-order valence-electron chi connectivity index (χ0n) is 8.80. The molecule has 0 aromatic carbocycles. The van der Waals surface area contributed by atoms with Gasteiger partial charge < -0.3 is 5.73 Å². The molecule has 0 aliphatic rings. The van der Waals surface area contributed by atoms with Crippen LogP contribution in [0.5, 0.6) is 0 Å². The highest BCUT2D eigenvalue weighted by molar-refractivity contribution is 9.10. The van der Waals surface area contributed by atoms with Crippen LogP contribution < -0.4 is 5.73 Å². The van der Waals surface area contributed by atoms with E-state index in [0.717, 1.165) is 28.8 Å². The van der Waals surface area contributed by atoms with Crippen molar-refractivity contribution in [2.45, 2.75) is 25.9 Å². The van der Waals surface area contributed by atoms with Gasteiger partial charge in [-0.15, -0.1) is 5.10 Å². The lowest BCUT2D eigenvalue weighted by Crippen LogP contribution is -2.18. The third kappa shape index (κ3) is 2.16. The van der Waals surface area contributed by atoms with E-state index in [1.165, 1.54) is 11.5 Å². The minimum Gasteiger partial charge on any atom is -0.318 e. The Morgan fingerprint density at radius 2 is 2.44 bits per heavy atom. The molecule has 0 aliphatic carbocycles. The standard InChI is InChI=1S/C9H12BrN5S/c1-2-3-15-9(6(10)4-12-15)8(11)7-5-16-14-13-7/h4-5,8H,2-3,11H2,1H3. The topological polar surface area (TPSA) is 69.6 Å². The first-order valence-corrected chi connectivity index (χ1v) is 6.60. The lowest BCUT2D eigenvalue weighted by atomic mass is 10.2. The van der Waals surface area contributed by atoms with Crippen LogP contribution in [0.15, 0.2) is 16.0 Å². The highest BCUT2D eigenvalue weighted by Gasteiger charge is 2.19. The quantitative estimate of drug-likeness (QED) is 0.937. The minimum absolute atomic E-state index is 0.276. The first-order valence-electron chi connectivity index (χ1n) is 4.97. The second kappa shape index (κ2) is 5.03. The minimum atomic E-state index is -0.276. The maximum Gasteiger partial charge on any atom is 0.0984 e. The van der Waals surface area contributed by atoms with Crippen molar-refractivity contribution in [1.29, 1.82) is 0 Å². The summed E-state index contributed by atoms with van der Waals surface area (Å²) in [4.78, 5) is 0. The Balaban J connectivity index is 2.35. The summed E-state index contributed by atoms with van der Waals surface area (Å²) in [5.41, 5.74) is 7.88. The molecule has 16 heavy (non-hydrogen) atoms. The van der Waals surface area contributed by atoms with Gasteiger partial charge in [0.05, 0.1) is 28.1 Å². The summed E-state index contributed by atoms with van der Waals surface area (Å²) < 4.78 is 6.65. The van der Waals surface area contributed by atoms with Crippen LogP contribution in [0.25, 0.3) is 0 Å². The van der Waals surface area contributed by atoms with Gasteiger partial charge >= 0.3 is 0 Å². The molecule has 2 heterocycles. The van der Waals surface area contributed by atoms with Gasteiger partial charge in [0.2, 0.25) is 0 Å². The van der Waals surface area contributed by atoms with Crippen molar-refractivity contribution >= 4 is 27.5 Å². The molecule has 5 nitrogen and oxygen atoms in total. The second-order valence-electron chi connectivity index (χ2n) is 3.41. The number of aryl methyl sites for hydroxylation is 1. The fraction of sp³-hybridized carbons (Fsp3) is 0.444. The number of nitrogens with zero attached hydrogens (tertiary/aromatic N) is 4. The fourth-order valence-electron chi connectivity index (χ4n) is 1.52. The predicted octanol–water partition coefficient (Wildman–Crippen LogP) is 1.96. The van der Waals surface area contributed by atoms with Gasteiger partial charge in [-0.05, 0) is 33.9 Å². The summed E-state index contributed by atoms with van der Waals surface area (Å²) in [7, 11) is 0. The summed E-state index contributed by atoms with van der Waals surface area (Å²) in [6.45, 7) is 2.96. The van der Waals surface area contributed by atoms with Crippen LogP contribution in [0.1, 0.15) is 30.8 Å². The summed E-state index contributed by atoms with van der Waals surface area (Å²) in [6, 6.07) is -0.276. The Bertz CT molecular complexity index is 452. The van der Waals surface area contributed by atoms with Gasteiger partial charge in [-0.1, -0.05) is 11.4 Å². The van der Waals surface area contributed by atoms with E-state index in [9.17, 15) is 0 Å². The number of aromatic nitrogens is 4. The highest BCUT2D eigenvalue weighted by Crippen LogP contribution is 2.26. The number of hydrogen-bond acceptors (Lipinski definition) is 5. The smallest absolute Gasteiger partial charge is 0.0984 e. The molecule has 0 saturated heterocycles. The van der Waals surface area contributed by atoms with Crippen molar-refractivity contribution in [3.8, 4) is 0 Å². The molecule has 2 aromatic heterocycles. The van der Waals surface area contributed by atoms with Crippen LogP contribution in [-0.2, 0) is 6.54 Å². The van der Waals surface area contributed by atoms with E-state index in [0.29, 0.717) is 0 Å². The molecule has 0 saturated carbocycles. The molecule has 0 bridgehead atoms. The molecule has 7 heteroatoms. The van der Waals surface area contributed by atoms with E-state index in [4.69, 9.17) is 5.73 Å². The van der Waals surface area contributed by atoms with Crippen LogP contribution in [0.4, 0.5) is 0 Å². The Morgan fingerprint density at radius 1 is 1.62 bits per heavy atom. The van der Waals surface area contributed by atoms with Gasteiger partial charge in [-0.25, -0.2) is 0 Å². The van der Waals surface area contributed by atoms with Crippen LogP contribution in [-0.4, -0.2) is 19.4 Å². The van der Waals surface area contributed by atoms with Gasteiger partial charge in [-0.2, -0.15) is 5.10 Å². The van der Waals surface area contributed by atoms with Crippen LogP contribution in [0, 0.1) is 0 Å². The molecule has 0 aliphatic heterocycles. The Hall–Kier alpha value is -0.790. The van der Waals surface area contributed by atoms with Crippen molar-refractivity contribution in [2.75, 3.05) is 0 Å². The lowest BCUT2D eigenvalue weighted by Gasteiger charge is -2.12. The first kappa shape index (κ1) is 11.7. The first-order chi connectivity index (χ1) is 7.74. The molecule has 2 rings (SSSR count). The molecule has 2 aromatic rings. The van der Waals surface area contributed by atoms with Crippen molar-refractivity contribution < 1.29 is 0 Å². The van der Waals surface area contributed by atoms with Crippen LogP contribution >= 0.6 is 27.5 Å².